The Morgan fingerprint density at radius 1 is 1.58 bits per heavy atom. The van der Waals surface area contributed by atoms with Crippen molar-refractivity contribution in [2.45, 2.75) is 19.4 Å². The quantitative estimate of drug-likeness (QED) is 0.882. The number of hydrogen-bond donors (Lipinski definition) is 1. The zero-order valence-corrected chi connectivity index (χ0v) is 10.3. The van der Waals surface area contributed by atoms with Gasteiger partial charge in [-0.1, -0.05) is 23.2 Å². The number of thiophene rings is 1. The smallest absolute Gasteiger partial charge is 0.0988 e. The molecule has 0 bridgehead atoms. The van der Waals surface area contributed by atoms with Gasteiger partial charge < -0.3 is 5.73 Å². The number of rotatable bonds is 2. The molecule has 12 heavy (non-hydrogen) atoms. The minimum atomic E-state index is 0.0847. The molecule has 1 atom stereocenters. The van der Waals surface area contributed by atoms with Crippen LogP contribution >= 0.6 is 50.5 Å². The lowest BCUT2D eigenvalue weighted by molar-refractivity contribution is 0.740. The van der Waals surface area contributed by atoms with E-state index in [4.69, 9.17) is 28.9 Å². The van der Waals surface area contributed by atoms with E-state index in [0.717, 1.165) is 20.1 Å². The van der Waals surface area contributed by atoms with Gasteiger partial charge in [0.15, 0.2) is 0 Å². The fourth-order valence-corrected chi connectivity index (χ4v) is 3.36. The lowest BCUT2D eigenvalue weighted by Gasteiger charge is -2.03. The van der Waals surface area contributed by atoms with Crippen LogP contribution in [0, 0.1) is 0 Å². The van der Waals surface area contributed by atoms with Gasteiger partial charge in [-0.15, -0.1) is 11.3 Å². The van der Waals surface area contributed by atoms with E-state index in [1.807, 2.05) is 6.92 Å². The topological polar surface area (TPSA) is 26.0 Å². The molecule has 1 heterocycles. The average Bonchev–Trinajstić information content (AvgIpc) is 2.16. The number of nitrogens with two attached hydrogens (primary N) is 1. The average molecular weight is 289 g/mol. The number of halogens is 3. The molecule has 0 saturated heterocycles. The molecule has 0 aromatic carbocycles. The first-order valence-electron chi connectivity index (χ1n) is 3.40. The zero-order chi connectivity index (χ0) is 9.30. The molecule has 1 nitrogen and oxygen atoms in total. The Morgan fingerprint density at radius 3 is 2.50 bits per heavy atom. The summed E-state index contributed by atoms with van der Waals surface area (Å²) < 4.78 is 1.61. The Kier molecular flexibility index (Phi) is 3.86. The Hall–Kier alpha value is 0.720. The van der Waals surface area contributed by atoms with Crippen molar-refractivity contribution in [1.29, 1.82) is 0 Å². The Bertz CT molecular complexity index is 285. The van der Waals surface area contributed by atoms with Gasteiger partial charge in [0.2, 0.25) is 0 Å². The molecule has 0 fully saturated rings. The highest BCUT2D eigenvalue weighted by molar-refractivity contribution is 9.11. The standard InChI is InChI=1S/C7H8BrCl2NS/c1-3(11)2-4-5(9)6(8)12-7(4)10/h3H,2,11H2,1H3. The summed E-state index contributed by atoms with van der Waals surface area (Å²) in [5, 5.41) is 0.697. The van der Waals surface area contributed by atoms with Gasteiger partial charge in [0.1, 0.15) is 0 Å². The molecule has 0 aliphatic rings. The lowest BCUT2D eigenvalue weighted by atomic mass is 10.1. The fraction of sp³-hybridized carbons (Fsp3) is 0.429. The van der Waals surface area contributed by atoms with Crippen molar-refractivity contribution < 1.29 is 0 Å². The maximum Gasteiger partial charge on any atom is 0.0988 e. The third-order valence-corrected chi connectivity index (χ3v) is 4.29. The molecule has 1 aromatic rings. The second-order valence-electron chi connectivity index (χ2n) is 2.62. The van der Waals surface area contributed by atoms with Gasteiger partial charge in [0, 0.05) is 11.6 Å². The second kappa shape index (κ2) is 4.29. The molecule has 1 rings (SSSR count). The summed E-state index contributed by atoms with van der Waals surface area (Å²) in [6.45, 7) is 1.93. The van der Waals surface area contributed by atoms with Crippen molar-refractivity contribution in [2.75, 3.05) is 0 Å². The minimum Gasteiger partial charge on any atom is -0.328 e. The van der Waals surface area contributed by atoms with Crippen molar-refractivity contribution in [2.24, 2.45) is 5.73 Å². The maximum absolute atomic E-state index is 5.98. The molecule has 0 radical (unpaired) electrons. The fourth-order valence-electron chi connectivity index (χ4n) is 0.882. The molecule has 0 aliphatic heterocycles. The summed E-state index contributed by atoms with van der Waals surface area (Å²) in [6, 6.07) is 0.0847. The largest absolute Gasteiger partial charge is 0.328 e. The molecule has 0 saturated carbocycles. The summed E-state index contributed by atoms with van der Waals surface area (Å²) in [5.74, 6) is 0. The maximum atomic E-state index is 5.98. The van der Waals surface area contributed by atoms with Gasteiger partial charge >= 0.3 is 0 Å². The highest BCUT2D eigenvalue weighted by atomic mass is 79.9. The van der Waals surface area contributed by atoms with Crippen LogP contribution in [0.15, 0.2) is 3.79 Å². The summed E-state index contributed by atoms with van der Waals surface area (Å²) >= 11 is 16.7. The van der Waals surface area contributed by atoms with Crippen LogP contribution in [0.3, 0.4) is 0 Å². The molecule has 0 aliphatic carbocycles. The van der Waals surface area contributed by atoms with Crippen LogP contribution in [-0.4, -0.2) is 6.04 Å². The third-order valence-electron chi connectivity index (χ3n) is 1.38. The van der Waals surface area contributed by atoms with Gasteiger partial charge in [0.05, 0.1) is 13.1 Å². The Balaban J connectivity index is 2.97. The van der Waals surface area contributed by atoms with Gasteiger partial charge in [-0.05, 0) is 29.3 Å². The first-order chi connectivity index (χ1) is 5.52. The van der Waals surface area contributed by atoms with E-state index in [0.29, 0.717) is 5.02 Å². The van der Waals surface area contributed by atoms with Crippen molar-refractivity contribution in [3.8, 4) is 0 Å². The van der Waals surface area contributed by atoms with Gasteiger partial charge in [-0.2, -0.15) is 0 Å². The van der Waals surface area contributed by atoms with Crippen molar-refractivity contribution in [1.82, 2.24) is 0 Å². The van der Waals surface area contributed by atoms with Crippen LogP contribution < -0.4 is 5.73 Å². The Morgan fingerprint density at radius 2 is 2.17 bits per heavy atom. The van der Waals surface area contributed by atoms with Gasteiger partial charge in [-0.25, -0.2) is 0 Å². The third kappa shape index (κ3) is 2.36. The monoisotopic (exact) mass is 287 g/mol. The Labute approximate surface area is 94.0 Å². The van der Waals surface area contributed by atoms with Crippen LogP contribution in [0.4, 0.5) is 0 Å². The summed E-state index contributed by atoms with van der Waals surface area (Å²) in [5.41, 5.74) is 6.59. The van der Waals surface area contributed by atoms with E-state index in [1.165, 1.54) is 11.3 Å². The highest BCUT2D eigenvalue weighted by Gasteiger charge is 2.14. The normalized spacial score (nSPS) is 13.4. The van der Waals surface area contributed by atoms with E-state index in [-0.39, 0.29) is 6.04 Å². The second-order valence-corrected chi connectivity index (χ2v) is 5.94. The molecule has 1 aromatic heterocycles. The summed E-state index contributed by atoms with van der Waals surface area (Å²) in [4.78, 5) is 0. The van der Waals surface area contributed by atoms with E-state index in [1.54, 1.807) is 0 Å². The van der Waals surface area contributed by atoms with Gasteiger partial charge in [-0.3, -0.25) is 0 Å². The van der Waals surface area contributed by atoms with Crippen molar-refractivity contribution >= 4 is 50.5 Å². The van der Waals surface area contributed by atoms with E-state index < -0.39 is 0 Å². The molecule has 0 amide bonds. The van der Waals surface area contributed by atoms with Crippen molar-refractivity contribution in [3.05, 3.63) is 18.7 Å². The summed E-state index contributed by atoms with van der Waals surface area (Å²) in [6.07, 6.45) is 0.722. The van der Waals surface area contributed by atoms with Crippen LogP contribution in [0.25, 0.3) is 0 Å². The molecule has 2 N–H and O–H groups in total. The van der Waals surface area contributed by atoms with Crippen LogP contribution in [0.1, 0.15) is 12.5 Å². The van der Waals surface area contributed by atoms with Crippen LogP contribution in [-0.2, 0) is 6.42 Å². The van der Waals surface area contributed by atoms with E-state index >= 15 is 0 Å². The molecular formula is C7H8BrCl2NS. The van der Waals surface area contributed by atoms with Crippen molar-refractivity contribution in [3.63, 3.8) is 0 Å². The summed E-state index contributed by atoms with van der Waals surface area (Å²) in [7, 11) is 0. The number of hydrogen-bond acceptors (Lipinski definition) is 2. The molecule has 0 spiro atoms. The lowest BCUT2D eigenvalue weighted by Crippen LogP contribution is -2.17. The predicted octanol–water partition coefficient (Wildman–Crippen LogP) is 3.71. The van der Waals surface area contributed by atoms with E-state index in [9.17, 15) is 0 Å². The predicted molar refractivity (Wildman–Crippen MR) is 59.4 cm³/mol. The van der Waals surface area contributed by atoms with Crippen LogP contribution in [0.5, 0.6) is 0 Å². The zero-order valence-electron chi connectivity index (χ0n) is 6.40. The molecule has 1 unspecified atom stereocenters. The molecule has 68 valence electrons. The highest BCUT2D eigenvalue weighted by Crippen LogP contribution is 2.40. The molecular weight excluding hydrogens is 281 g/mol. The first-order valence-corrected chi connectivity index (χ1v) is 5.76. The van der Waals surface area contributed by atoms with E-state index in [2.05, 4.69) is 15.9 Å². The minimum absolute atomic E-state index is 0.0847. The first kappa shape index (κ1) is 10.8. The molecule has 5 heteroatoms. The van der Waals surface area contributed by atoms with Gasteiger partial charge in [0.25, 0.3) is 0 Å². The SMILES string of the molecule is CC(N)Cc1c(Cl)sc(Br)c1Cl. The van der Waals surface area contributed by atoms with Crippen LogP contribution in [0.2, 0.25) is 9.36 Å².